The molecule has 0 fully saturated rings. The molecule has 2 heterocycles. The quantitative estimate of drug-likeness (QED) is 0.700. The predicted molar refractivity (Wildman–Crippen MR) is 102 cm³/mol. The average Bonchev–Trinajstić information content (AvgIpc) is 2.98. The zero-order valence-electron chi connectivity index (χ0n) is 15.1. The van der Waals surface area contributed by atoms with E-state index in [2.05, 4.69) is 15.0 Å². The summed E-state index contributed by atoms with van der Waals surface area (Å²) in [6, 6.07) is 18.1. The van der Waals surface area contributed by atoms with Gasteiger partial charge in [-0.1, -0.05) is 30.3 Å². The fourth-order valence-electron chi connectivity index (χ4n) is 3.09. The molecule has 3 aromatic rings. The molecule has 1 aliphatic rings. The van der Waals surface area contributed by atoms with Gasteiger partial charge in [0.15, 0.2) is 0 Å². The molecule has 136 valence electrons. The molecular weight excluding hydrogens is 343 g/mol. The Labute approximate surface area is 157 Å². The van der Waals surface area contributed by atoms with Crippen LogP contribution in [0.4, 0.5) is 4.39 Å². The number of hydrazine groups is 1. The Morgan fingerprint density at radius 2 is 1.70 bits per heavy atom. The Morgan fingerprint density at radius 3 is 2.44 bits per heavy atom. The van der Waals surface area contributed by atoms with Crippen LogP contribution >= 0.6 is 0 Å². The highest BCUT2D eigenvalue weighted by molar-refractivity contribution is 5.91. The predicted octanol–water partition coefficient (Wildman–Crippen LogP) is 4.07. The molecule has 0 N–H and O–H groups in total. The summed E-state index contributed by atoms with van der Waals surface area (Å²) in [5, 5.41) is 4.11. The van der Waals surface area contributed by atoms with Crippen LogP contribution in [0.15, 0.2) is 66.9 Å². The molecule has 0 saturated heterocycles. The summed E-state index contributed by atoms with van der Waals surface area (Å²) in [5.41, 5.74) is 3.74. The van der Waals surface area contributed by atoms with Crippen molar-refractivity contribution in [3.8, 4) is 11.8 Å². The van der Waals surface area contributed by atoms with Gasteiger partial charge in [0, 0.05) is 32.4 Å². The maximum absolute atomic E-state index is 13.3. The third kappa shape index (κ3) is 3.52. The summed E-state index contributed by atoms with van der Waals surface area (Å²) in [6.07, 6.45) is 1.68. The second-order valence-corrected chi connectivity index (χ2v) is 6.31. The third-order valence-corrected chi connectivity index (χ3v) is 4.53. The number of likely N-dealkylation sites (N-methyl/N-ethyl adjacent to an activating group) is 1. The Hall–Kier alpha value is -3.25. The Bertz CT molecular complexity index is 973. The van der Waals surface area contributed by atoms with Crippen molar-refractivity contribution in [2.45, 2.75) is 0 Å². The third-order valence-electron chi connectivity index (χ3n) is 4.53. The smallest absolute Gasteiger partial charge is 0.322 e. The minimum Gasteiger partial charge on any atom is -0.424 e. The lowest BCUT2D eigenvalue weighted by molar-refractivity contribution is 0.129. The second-order valence-electron chi connectivity index (χ2n) is 6.31. The monoisotopic (exact) mass is 362 g/mol. The number of benzene rings is 2. The van der Waals surface area contributed by atoms with Gasteiger partial charge in [-0.3, -0.25) is 0 Å². The largest absolute Gasteiger partial charge is 0.424 e. The molecule has 0 spiro atoms. The van der Waals surface area contributed by atoms with Crippen molar-refractivity contribution in [2.24, 2.45) is 0 Å². The molecule has 0 bridgehead atoms. The van der Waals surface area contributed by atoms with Gasteiger partial charge < -0.3 is 9.75 Å². The van der Waals surface area contributed by atoms with Crippen molar-refractivity contribution in [3.63, 3.8) is 0 Å². The van der Waals surface area contributed by atoms with E-state index in [4.69, 9.17) is 4.74 Å². The first kappa shape index (κ1) is 17.2. The molecule has 1 aromatic heterocycles. The van der Waals surface area contributed by atoms with Crippen molar-refractivity contribution in [1.29, 1.82) is 0 Å². The lowest BCUT2D eigenvalue weighted by Crippen LogP contribution is -2.29. The van der Waals surface area contributed by atoms with Crippen LogP contribution in [0.3, 0.4) is 0 Å². The van der Waals surface area contributed by atoms with Crippen LogP contribution in [0, 0.1) is 5.82 Å². The molecule has 0 aliphatic carbocycles. The van der Waals surface area contributed by atoms with Gasteiger partial charge in [-0.25, -0.2) is 14.4 Å². The van der Waals surface area contributed by atoms with Crippen molar-refractivity contribution in [1.82, 2.24) is 20.0 Å². The molecule has 0 radical (unpaired) electrons. The van der Waals surface area contributed by atoms with E-state index in [-0.39, 0.29) is 11.8 Å². The molecule has 0 saturated carbocycles. The molecular formula is C21H19FN4O. The normalized spacial score (nSPS) is 14.7. The number of nitrogens with zero attached hydrogens (tertiary/aromatic N) is 4. The zero-order chi connectivity index (χ0) is 18.8. The van der Waals surface area contributed by atoms with E-state index < -0.39 is 0 Å². The molecule has 5 nitrogen and oxygen atoms in total. The molecule has 0 unspecified atom stereocenters. The van der Waals surface area contributed by atoms with Crippen LogP contribution in [-0.4, -0.2) is 40.6 Å². The number of ether oxygens (including phenoxy) is 1. The highest BCUT2D eigenvalue weighted by Gasteiger charge is 2.27. The summed E-state index contributed by atoms with van der Waals surface area (Å²) >= 11 is 0. The summed E-state index contributed by atoms with van der Waals surface area (Å²) in [7, 11) is 3.98. The van der Waals surface area contributed by atoms with E-state index in [0.717, 1.165) is 22.5 Å². The van der Waals surface area contributed by atoms with Gasteiger partial charge in [-0.05, 0) is 35.9 Å². The van der Waals surface area contributed by atoms with Gasteiger partial charge in [0.2, 0.25) is 0 Å². The van der Waals surface area contributed by atoms with Crippen LogP contribution in [0.5, 0.6) is 11.8 Å². The van der Waals surface area contributed by atoms with E-state index >= 15 is 0 Å². The summed E-state index contributed by atoms with van der Waals surface area (Å²) in [5.74, 6) is 0.431. The molecule has 6 heteroatoms. The number of para-hydroxylation sites is 1. The fraction of sp³-hybridized carbons (Fsp3) is 0.143. The molecule has 4 rings (SSSR count). The minimum atomic E-state index is -0.249. The van der Waals surface area contributed by atoms with E-state index in [1.807, 2.05) is 55.5 Å². The van der Waals surface area contributed by atoms with Gasteiger partial charge >= 0.3 is 6.01 Å². The van der Waals surface area contributed by atoms with E-state index in [1.54, 1.807) is 18.3 Å². The summed E-state index contributed by atoms with van der Waals surface area (Å²) in [6.45, 7) is 0.705. The van der Waals surface area contributed by atoms with Crippen molar-refractivity contribution < 1.29 is 9.13 Å². The van der Waals surface area contributed by atoms with Crippen LogP contribution in [0.25, 0.3) is 11.3 Å². The first-order chi connectivity index (χ1) is 13.1. The Balaban J connectivity index is 1.74. The summed E-state index contributed by atoms with van der Waals surface area (Å²) in [4.78, 5) is 8.82. The van der Waals surface area contributed by atoms with Gasteiger partial charge in [0.1, 0.15) is 11.6 Å². The van der Waals surface area contributed by atoms with Crippen molar-refractivity contribution in [3.05, 3.63) is 83.9 Å². The highest BCUT2D eigenvalue weighted by Crippen LogP contribution is 2.35. The number of hydrogen-bond donors (Lipinski definition) is 0. The van der Waals surface area contributed by atoms with Gasteiger partial charge in [0.05, 0.1) is 11.4 Å². The Morgan fingerprint density at radius 1 is 0.963 bits per heavy atom. The molecule has 0 atom stereocenters. The molecule has 27 heavy (non-hydrogen) atoms. The lowest BCUT2D eigenvalue weighted by atomic mass is 10.0. The second kappa shape index (κ2) is 7.17. The van der Waals surface area contributed by atoms with Gasteiger partial charge in [-0.2, -0.15) is 4.98 Å². The molecule has 2 aromatic carbocycles. The average molecular weight is 362 g/mol. The topological polar surface area (TPSA) is 41.5 Å². The van der Waals surface area contributed by atoms with Crippen LogP contribution in [0.2, 0.25) is 0 Å². The Kier molecular flexibility index (Phi) is 4.56. The SMILES string of the molecule is CN1CC(c2ccc(F)cc2)=C(c2ccnc(Oc3ccccc3)n2)N1C. The number of aromatic nitrogens is 2. The molecule has 1 aliphatic heterocycles. The first-order valence-corrected chi connectivity index (χ1v) is 8.62. The first-order valence-electron chi connectivity index (χ1n) is 8.62. The van der Waals surface area contributed by atoms with Crippen molar-refractivity contribution in [2.75, 3.05) is 20.6 Å². The van der Waals surface area contributed by atoms with Crippen LogP contribution < -0.4 is 4.74 Å². The van der Waals surface area contributed by atoms with Crippen LogP contribution in [-0.2, 0) is 0 Å². The minimum absolute atomic E-state index is 0.249. The van der Waals surface area contributed by atoms with Gasteiger partial charge in [0.25, 0.3) is 0 Å². The number of hydrogen-bond acceptors (Lipinski definition) is 5. The van der Waals surface area contributed by atoms with E-state index in [9.17, 15) is 4.39 Å². The van der Waals surface area contributed by atoms with Gasteiger partial charge in [-0.15, -0.1) is 0 Å². The highest BCUT2D eigenvalue weighted by atomic mass is 19.1. The zero-order valence-corrected chi connectivity index (χ0v) is 15.1. The van der Waals surface area contributed by atoms with Crippen LogP contribution in [0.1, 0.15) is 11.3 Å². The number of halogens is 1. The van der Waals surface area contributed by atoms with Crippen molar-refractivity contribution >= 4 is 11.3 Å². The maximum Gasteiger partial charge on any atom is 0.322 e. The van der Waals surface area contributed by atoms with E-state index in [0.29, 0.717) is 12.3 Å². The van der Waals surface area contributed by atoms with E-state index in [1.165, 1.54) is 12.1 Å². The number of rotatable bonds is 4. The maximum atomic E-state index is 13.3. The summed E-state index contributed by atoms with van der Waals surface area (Å²) < 4.78 is 19.1. The molecule has 0 amide bonds. The lowest BCUT2D eigenvalue weighted by Gasteiger charge is -2.24. The fourth-order valence-corrected chi connectivity index (χ4v) is 3.09. The standard InChI is InChI=1S/C21H19FN4O/c1-25-14-18(15-8-10-16(22)11-9-15)20(26(25)2)19-12-13-23-21(24-19)27-17-6-4-3-5-7-17/h3-13H,14H2,1-2H3.